The fourth-order valence-electron chi connectivity index (χ4n) is 5.98. The number of aliphatic hydroxyl groups is 1. The fraction of sp³-hybridized carbons (Fsp3) is 0.143. The van der Waals surface area contributed by atoms with Gasteiger partial charge in [-0.15, -0.1) is 0 Å². The number of rotatable bonds is 14. The molecule has 2 aromatic heterocycles. The molecule has 5 N–H and O–H groups in total. The molecule has 0 fully saturated rings. The molecule has 0 radical (unpaired) electrons. The minimum Gasteiger partial charge on any atom is -0.396 e. The number of carbonyl (C=O) groups is 2. The summed E-state index contributed by atoms with van der Waals surface area (Å²) >= 11 is 6.25. The maximum atomic E-state index is 14.2. The Bertz CT molecular complexity index is 2680. The molecule has 2 heterocycles. The monoisotopic (exact) mass is 868 g/mol. The Labute approximate surface area is 353 Å². The van der Waals surface area contributed by atoms with Crippen molar-refractivity contribution in [2.45, 2.75) is 43.1 Å². The highest BCUT2D eigenvalue weighted by Gasteiger charge is 2.28. The number of aliphatic hydroxyl groups excluding tert-OH is 1. The second-order valence-corrected chi connectivity index (χ2v) is 17.3. The van der Waals surface area contributed by atoms with Crippen molar-refractivity contribution in [1.29, 1.82) is 0 Å². The number of benzene rings is 4. The number of halogens is 1. The van der Waals surface area contributed by atoms with Crippen molar-refractivity contribution in [3.05, 3.63) is 167 Å². The van der Waals surface area contributed by atoms with E-state index in [2.05, 4.69) is 30.0 Å². The number of anilines is 4. The predicted octanol–water partition coefficient (Wildman–Crippen LogP) is 7.57. The predicted molar refractivity (Wildman–Crippen MR) is 230 cm³/mol. The standard InChI is InChI=1S/C42H41ClN8O7S2/c1-29-10-19-39(43)30(2)40(29)49-60(57,58)38-17-13-35(14-18-38)47-42(54)51(28-33-8-5-22-45-26-33)50(27-32-7-4-21-44-25-32)41(53)46-34-11-15-37(16-12-34)59(55,56)48-36-9-3-6-31(24-36)20-23-52/h3-19,21-22,24-26,48-49,52H,20,23,27-28H2,1-2H3,(H,46,53)(H,47,54). The number of hydrogen-bond donors (Lipinski definition) is 5. The molecular formula is C42H41ClN8O7S2. The van der Waals surface area contributed by atoms with E-state index in [4.69, 9.17) is 11.6 Å². The van der Waals surface area contributed by atoms with Gasteiger partial charge in [0.1, 0.15) is 0 Å². The second-order valence-electron chi connectivity index (χ2n) is 13.5. The Morgan fingerprint density at radius 2 is 1.13 bits per heavy atom. The van der Waals surface area contributed by atoms with Crippen molar-refractivity contribution in [1.82, 2.24) is 20.0 Å². The molecule has 310 valence electrons. The summed E-state index contributed by atoms with van der Waals surface area (Å²) in [6.45, 7) is 3.15. The Hall–Kier alpha value is -6.53. The van der Waals surface area contributed by atoms with Crippen molar-refractivity contribution < 1.29 is 31.5 Å². The van der Waals surface area contributed by atoms with Gasteiger partial charge in [-0.1, -0.05) is 41.9 Å². The lowest BCUT2D eigenvalue weighted by molar-refractivity contribution is 0.0466. The van der Waals surface area contributed by atoms with Gasteiger partial charge in [-0.25, -0.2) is 36.4 Å². The number of hydrogen-bond acceptors (Lipinski definition) is 9. The van der Waals surface area contributed by atoms with Gasteiger partial charge in [0.25, 0.3) is 20.0 Å². The highest BCUT2D eigenvalue weighted by atomic mass is 35.5. The number of carbonyl (C=O) groups excluding carboxylic acids is 2. The Morgan fingerprint density at radius 1 is 0.633 bits per heavy atom. The normalized spacial score (nSPS) is 11.3. The van der Waals surface area contributed by atoms with Gasteiger partial charge in [0.15, 0.2) is 0 Å². The van der Waals surface area contributed by atoms with Gasteiger partial charge in [-0.05, 0) is 127 Å². The number of nitrogens with one attached hydrogen (secondary N) is 4. The van der Waals surface area contributed by atoms with E-state index in [1.165, 1.54) is 58.5 Å². The van der Waals surface area contributed by atoms with Crippen LogP contribution in [0.4, 0.5) is 32.3 Å². The molecule has 0 saturated heterocycles. The first-order valence-corrected chi connectivity index (χ1v) is 21.7. The minimum atomic E-state index is -4.05. The lowest BCUT2D eigenvalue weighted by atomic mass is 10.1. The van der Waals surface area contributed by atoms with Gasteiger partial charge >= 0.3 is 12.1 Å². The molecule has 0 aliphatic rings. The number of hydrazine groups is 1. The molecule has 4 aromatic carbocycles. The third-order valence-electron chi connectivity index (χ3n) is 9.13. The maximum absolute atomic E-state index is 14.2. The van der Waals surface area contributed by atoms with E-state index in [0.717, 1.165) is 5.56 Å². The van der Waals surface area contributed by atoms with Gasteiger partial charge in [0, 0.05) is 53.5 Å². The molecule has 15 nitrogen and oxygen atoms in total. The first-order chi connectivity index (χ1) is 28.7. The molecule has 0 aliphatic carbocycles. The van der Waals surface area contributed by atoms with Crippen LogP contribution in [0.3, 0.4) is 0 Å². The van der Waals surface area contributed by atoms with Gasteiger partial charge in [-0.3, -0.25) is 19.4 Å². The van der Waals surface area contributed by atoms with Crippen molar-refractivity contribution >= 4 is 66.5 Å². The Morgan fingerprint density at radius 3 is 1.62 bits per heavy atom. The molecule has 60 heavy (non-hydrogen) atoms. The Balaban J connectivity index is 1.24. The summed E-state index contributed by atoms with van der Waals surface area (Å²) < 4.78 is 58.3. The lowest BCUT2D eigenvalue weighted by Crippen LogP contribution is -2.52. The number of aryl methyl sites for hydroxylation is 1. The first kappa shape index (κ1) is 43.1. The van der Waals surface area contributed by atoms with E-state index < -0.39 is 32.1 Å². The Kier molecular flexibility index (Phi) is 13.7. The number of sulfonamides is 2. The summed E-state index contributed by atoms with van der Waals surface area (Å²) in [7, 11) is -8.06. The molecule has 0 atom stereocenters. The molecular weight excluding hydrogens is 828 g/mol. The first-order valence-electron chi connectivity index (χ1n) is 18.4. The van der Waals surface area contributed by atoms with E-state index in [1.54, 1.807) is 99.3 Å². The van der Waals surface area contributed by atoms with Crippen LogP contribution in [0.2, 0.25) is 5.02 Å². The van der Waals surface area contributed by atoms with Gasteiger partial charge < -0.3 is 15.7 Å². The third kappa shape index (κ3) is 10.9. The lowest BCUT2D eigenvalue weighted by Gasteiger charge is -2.35. The summed E-state index contributed by atoms with van der Waals surface area (Å²) in [5.41, 5.74) is 4.35. The molecule has 0 saturated carbocycles. The largest absolute Gasteiger partial charge is 0.396 e. The zero-order valence-electron chi connectivity index (χ0n) is 32.4. The minimum absolute atomic E-state index is 0.0640. The van der Waals surface area contributed by atoms with Crippen LogP contribution >= 0.6 is 11.6 Å². The van der Waals surface area contributed by atoms with Crippen molar-refractivity contribution in [2.75, 3.05) is 26.7 Å². The van der Waals surface area contributed by atoms with Crippen molar-refractivity contribution in [3.63, 3.8) is 0 Å². The molecule has 4 amide bonds. The van der Waals surface area contributed by atoms with Crippen LogP contribution in [0.1, 0.15) is 27.8 Å². The molecule has 0 unspecified atom stereocenters. The van der Waals surface area contributed by atoms with Gasteiger partial charge in [0.2, 0.25) is 0 Å². The van der Waals surface area contributed by atoms with E-state index in [-0.39, 0.29) is 40.9 Å². The third-order valence-corrected chi connectivity index (χ3v) is 12.3. The average molecular weight is 869 g/mol. The van der Waals surface area contributed by atoms with Crippen LogP contribution in [0.25, 0.3) is 0 Å². The van der Waals surface area contributed by atoms with E-state index >= 15 is 0 Å². The van der Waals surface area contributed by atoms with Crippen LogP contribution in [-0.2, 0) is 39.6 Å². The molecule has 18 heteroatoms. The molecule has 0 bridgehead atoms. The van der Waals surface area contributed by atoms with Gasteiger partial charge in [0.05, 0.1) is 28.6 Å². The highest BCUT2D eigenvalue weighted by Crippen LogP contribution is 2.30. The number of nitrogens with zero attached hydrogens (tertiary/aromatic N) is 4. The van der Waals surface area contributed by atoms with E-state index in [1.807, 2.05) is 0 Å². The highest BCUT2D eigenvalue weighted by molar-refractivity contribution is 7.93. The van der Waals surface area contributed by atoms with Gasteiger partial charge in [-0.2, -0.15) is 0 Å². The van der Waals surface area contributed by atoms with Crippen molar-refractivity contribution in [3.8, 4) is 0 Å². The molecule has 0 spiro atoms. The van der Waals surface area contributed by atoms with Crippen LogP contribution < -0.4 is 20.1 Å². The van der Waals surface area contributed by atoms with E-state index in [0.29, 0.717) is 45.1 Å². The SMILES string of the molecule is Cc1ccc(Cl)c(C)c1NS(=O)(=O)c1ccc(NC(=O)N(Cc2cccnc2)N(Cc2cccnc2)C(=O)Nc2ccc(S(=O)(=O)Nc3cccc(CCO)c3)cc2)cc1. The summed E-state index contributed by atoms with van der Waals surface area (Å²) in [6.07, 6.45) is 6.60. The quantitative estimate of drug-likeness (QED) is 0.0685. The van der Waals surface area contributed by atoms with Crippen molar-refractivity contribution in [2.24, 2.45) is 0 Å². The molecule has 6 rings (SSSR count). The van der Waals surface area contributed by atoms with Crippen LogP contribution in [0.15, 0.2) is 144 Å². The summed E-state index contributed by atoms with van der Waals surface area (Å²) in [4.78, 5) is 36.6. The summed E-state index contributed by atoms with van der Waals surface area (Å²) in [5.74, 6) is 0. The number of aromatic nitrogens is 2. The summed E-state index contributed by atoms with van der Waals surface area (Å²) in [5, 5.41) is 17.5. The average Bonchev–Trinajstić information content (AvgIpc) is 3.23. The zero-order valence-corrected chi connectivity index (χ0v) is 34.8. The van der Waals surface area contributed by atoms with E-state index in [9.17, 15) is 31.5 Å². The van der Waals surface area contributed by atoms with Crippen LogP contribution in [0.5, 0.6) is 0 Å². The second kappa shape index (κ2) is 19.0. The number of amides is 4. The fourth-order valence-corrected chi connectivity index (χ4v) is 8.38. The topological polar surface area (TPSA) is 203 Å². The molecule has 6 aromatic rings. The summed E-state index contributed by atoms with van der Waals surface area (Å²) in [6, 6.07) is 26.5. The molecule has 0 aliphatic heterocycles. The smallest absolute Gasteiger partial charge is 0.341 e. The number of urea groups is 2. The van der Waals surface area contributed by atoms with Crippen LogP contribution in [0, 0.1) is 13.8 Å². The number of pyridine rings is 2. The zero-order chi connectivity index (χ0) is 42.9. The van der Waals surface area contributed by atoms with Crippen LogP contribution in [-0.4, -0.2) is 60.6 Å². The maximum Gasteiger partial charge on any atom is 0.341 e.